The molecule has 0 saturated heterocycles. The average molecular weight is 400 g/mol. The van der Waals surface area contributed by atoms with Crippen molar-refractivity contribution in [1.29, 1.82) is 5.26 Å². The van der Waals surface area contributed by atoms with Crippen molar-refractivity contribution in [2.75, 3.05) is 11.5 Å². The second-order valence-corrected chi connectivity index (χ2v) is 7.22. The fourth-order valence-corrected chi connectivity index (χ4v) is 3.83. The summed E-state index contributed by atoms with van der Waals surface area (Å²) in [5.41, 5.74) is 16.8. The summed E-state index contributed by atoms with van der Waals surface area (Å²) in [7, 11) is 0. The molecule has 4 rings (SSSR count). The van der Waals surface area contributed by atoms with Crippen LogP contribution in [-0.4, -0.2) is 20.7 Å². The number of nitrogens with zero attached hydrogens (tertiary/aromatic N) is 4. The molecule has 3 aromatic rings. The lowest BCUT2D eigenvalue weighted by Gasteiger charge is -2.16. The number of benzene rings is 2. The number of aromatic nitrogens is 3. The number of hydrogen-bond acceptors (Lipinski definition) is 8. The Morgan fingerprint density at radius 3 is 2.67 bits per heavy atom. The lowest BCUT2D eigenvalue weighted by Crippen LogP contribution is -2.07. The van der Waals surface area contributed by atoms with E-state index < -0.39 is 0 Å². The van der Waals surface area contributed by atoms with Crippen molar-refractivity contribution < 1.29 is 9.53 Å². The van der Waals surface area contributed by atoms with E-state index in [9.17, 15) is 10.1 Å². The van der Waals surface area contributed by atoms with Crippen LogP contribution < -0.4 is 16.2 Å². The number of ether oxygens (including phenoxy) is 1. The van der Waals surface area contributed by atoms with Crippen LogP contribution in [0.2, 0.25) is 0 Å². The van der Waals surface area contributed by atoms with Crippen molar-refractivity contribution >= 4 is 17.4 Å². The van der Waals surface area contributed by atoms with Gasteiger partial charge in [-0.2, -0.15) is 20.2 Å². The molecule has 0 fully saturated rings. The predicted molar refractivity (Wildman–Crippen MR) is 112 cm³/mol. The minimum Gasteiger partial charge on any atom is -0.423 e. The normalized spacial score (nSPS) is 12.3. The average Bonchev–Trinajstić information content (AvgIpc) is 3.20. The number of fused-ring (bicyclic) bond motifs is 1. The van der Waals surface area contributed by atoms with Gasteiger partial charge in [-0.15, -0.1) is 0 Å². The zero-order valence-electron chi connectivity index (χ0n) is 16.7. The Hall–Kier alpha value is -3.99. The number of carbonyl (C=O) groups excluding carboxylic acids is 1. The number of hydrogen-bond donors (Lipinski definition) is 2. The first-order valence-electron chi connectivity index (χ1n) is 9.53. The molecular weight excluding hydrogens is 380 g/mol. The Morgan fingerprint density at radius 2 is 1.93 bits per heavy atom. The molecule has 1 aliphatic carbocycles. The van der Waals surface area contributed by atoms with Crippen LogP contribution in [0.4, 0.5) is 11.6 Å². The second kappa shape index (κ2) is 7.44. The summed E-state index contributed by atoms with van der Waals surface area (Å²) in [6, 6.07) is 8.84. The Morgan fingerprint density at radius 1 is 1.17 bits per heavy atom. The summed E-state index contributed by atoms with van der Waals surface area (Å²) in [6.07, 6.45) is 2.75. The van der Waals surface area contributed by atoms with Crippen LogP contribution in [0.5, 0.6) is 11.8 Å². The molecule has 1 aromatic heterocycles. The Balaban J connectivity index is 1.83. The second-order valence-electron chi connectivity index (χ2n) is 7.22. The van der Waals surface area contributed by atoms with Gasteiger partial charge in [-0.3, -0.25) is 4.79 Å². The van der Waals surface area contributed by atoms with Gasteiger partial charge in [0.15, 0.2) is 11.6 Å². The van der Waals surface area contributed by atoms with E-state index in [0.717, 1.165) is 30.4 Å². The molecule has 0 aliphatic heterocycles. The lowest BCUT2D eigenvalue weighted by molar-refractivity contribution is 0.101. The van der Waals surface area contributed by atoms with E-state index in [-0.39, 0.29) is 29.3 Å². The van der Waals surface area contributed by atoms with Gasteiger partial charge >= 0.3 is 6.01 Å². The number of ketones is 1. The Bertz CT molecular complexity index is 1230. The highest BCUT2D eigenvalue weighted by Gasteiger charge is 2.25. The molecule has 8 heteroatoms. The molecular formula is C22H20N6O2. The minimum atomic E-state index is -0.101. The quantitative estimate of drug-likeness (QED) is 0.501. The van der Waals surface area contributed by atoms with E-state index >= 15 is 0 Å². The monoisotopic (exact) mass is 400 g/mol. The number of para-hydroxylation sites is 1. The number of nitriles is 1. The van der Waals surface area contributed by atoms with Crippen LogP contribution in [-0.2, 0) is 12.8 Å². The van der Waals surface area contributed by atoms with E-state index in [4.69, 9.17) is 16.2 Å². The topological polar surface area (TPSA) is 141 Å². The number of Topliss-reactive ketones (excluding diaryl/α,β-unsaturated/α-hetero) is 1. The number of aryl methyl sites for hydroxylation is 1. The maximum Gasteiger partial charge on any atom is 0.327 e. The van der Waals surface area contributed by atoms with Gasteiger partial charge in [0.2, 0.25) is 5.95 Å². The van der Waals surface area contributed by atoms with Crippen LogP contribution >= 0.6 is 0 Å². The summed E-state index contributed by atoms with van der Waals surface area (Å²) >= 11 is 0. The lowest BCUT2D eigenvalue weighted by atomic mass is 9.97. The maximum atomic E-state index is 12.3. The first-order chi connectivity index (χ1) is 14.4. The first-order valence-corrected chi connectivity index (χ1v) is 9.53. The number of carbonyl (C=O) groups is 1. The zero-order chi connectivity index (χ0) is 21.4. The summed E-state index contributed by atoms with van der Waals surface area (Å²) < 4.78 is 6.04. The van der Waals surface area contributed by atoms with E-state index in [1.165, 1.54) is 12.5 Å². The number of nitrogens with two attached hydrogens (primary N) is 2. The third kappa shape index (κ3) is 3.31. The Kier molecular flexibility index (Phi) is 4.80. The standard InChI is InChI=1S/C22H20N6O2/c1-11-9-17(12(2)29)19(15-7-4-6-14(11)15)30-22-27-20(26-21(25)28-22)16-8-3-5-13(10-23)18(16)24/h3,5,8-9H,4,6-7,24H2,1-2H3,(H2,25,26,27,28). The molecule has 2 aromatic carbocycles. The van der Waals surface area contributed by atoms with Crippen LogP contribution in [0, 0.1) is 18.3 Å². The van der Waals surface area contributed by atoms with Gasteiger partial charge < -0.3 is 16.2 Å². The van der Waals surface area contributed by atoms with E-state index in [1.807, 2.05) is 19.1 Å². The molecule has 8 nitrogen and oxygen atoms in total. The van der Waals surface area contributed by atoms with Gasteiger partial charge in [-0.1, -0.05) is 6.07 Å². The molecule has 0 spiro atoms. The predicted octanol–water partition coefficient (Wildman–Crippen LogP) is 3.37. The molecule has 0 radical (unpaired) electrons. The number of nitrogen functional groups attached to an aromatic ring is 2. The van der Waals surface area contributed by atoms with Gasteiger partial charge in [0.25, 0.3) is 0 Å². The van der Waals surface area contributed by atoms with Crippen molar-refractivity contribution in [2.24, 2.45) is 0 Å². The molecule has 4 N–H and O–H groups in total. The van der Waals surface area contributed by atoms with Gasteiger partial charge in [-0.25, -0.2) is 0 Å². The zero-order valence-corrected chi connectivity index (χ0v) is 16.7. The molecule has 0 bridgehead atoms. The van der Waals surface area contributed by atoms with Gasteiger partial charge in [0.1, 0.15) is 11.8 Å². The van der Waals surface area contributed by atoms with Gasteiger partial charge in [0, 0.05) is 5.56 Å². The van der Waals surface area contributed by atoms with Crippen molar-refractivity contribution in [3.05, 3.63) is 52.1 Å². The molecule has 0 unspecified atom stereocenters. The summed E-state index contributed by atoms with van der Waals surface area (Å²) in [5, 5.41) is 9.22. The van der Waals surface area contributed by atoms with E-state index in [0.29, 0.717) is 22.4 Å². The van der Waals surface area contributed by atoms with Crippen LogP contribution in [0.3, 0.4) is 0 Å². The first kappa shape index (κ1) is 19.3. The molecule has 30 heavy (non-hydrogen) atoms. The molecule has 0 amide bonds. The highest BCUT2D eigenvalue weighted by molar-refractivity contribution is 5.98. The summed E-state index contributed by atoms with van der Waals surface area (Å²) in [4.78, 5) is 24.9. The van der Waals surface area contributed by atoms with Crippen LogP contribution in [0.25, 0.3) is 11.4 Å². The highest BCUT2D eigenvalue weighted by atomic mass is 16.5. The molecule has 1 aliphatic rings. The largest absolute Gasteiger partial charge is 0.423 e. The summed E-state index contributed by atoms with van der Waals surface area (Å²) in [5.74, 6) is 0.511. The van der Waals surface area contributed by atoms with Crippen LogP contribution in [0.15, 0.2) is 24.3 Å². The smallest absolute Gasteiger partial charge is 0.327 e. The number of rotatable bonds is 4. The minimum absolute atomic E-state index is 0.0280. The number of anilines is 2. The third-order valence-corrected chi connectivity index (χ3v) is 5.25. The third-order valence-electron chi connectivity index (χ3n) is 5.25. The van der Waals surface area contributed by atoms with E-state index in [2.05, 4.69) is 15.0 Å². The van der Waals surface area contributed by atoms with E-state index in [1.54, 1.807) is 18.2 Å². The molecule has 150 valence electrons. The van der Waals surface area contributed by atoms with Crippen molar-refractivity contribution in [2.45, 2.75) is 33.1 Å². The Labute approximate surface area is 173 Å². The molecule has 1 heterocycles. The SMILES string of the molecule is CC(=O)c1cc(C)c2c(c1Oc1nc(N)nc(-c3cccc(C#N)c3N)n1)CCC2. The van der Waals surface area contributed by atoms with Crippen molar-refractivity contribution in [3.63, 3.8) is 0 Å². The summed E-state index contributed by atoms with van der Waals surface area (Å²) in [6.45, 7) is 3.51. The highest BCUT2D eigenvalue weighted by Crippen LogP contribution is 2.38. The fourth-order valence-electron chi connectivity index (χ4n) is 3.83. The molecule has 0 saturated carbocycles. The van der Waals surface area contributed by atoms with Gasteiger partial charge in [0.05, 0.1) is 16.8 Å². The fraction of sp³-hybridized carbons (Fsp3) is 0.227. The van der Waals surface area contributed by atoms with Crippen LogP contribution in [0.1, 0.15) is 46.0 Å². The van der Waals surface area contributed by atoms with Gasteiger partial charge in [-0.05, 0) is 68.0 Å². The van der Waals surface area contributed by atoms with Crippen molar-refractivity contribution in [1.82, 2.24) is 15.0 Å². The molecule has 0 atom stereocenters. The van der Waals surface area contributed by atoms with Crippen molar-refractivity contribution in [3.8, 4) is 29.2 Å². The maximum absolute atomic E-state index is 12.3.